The Morgan fingerprint density at radius 1 is 1.50 bits per heavy atom. The van der Waals surface area contributed by atoms with Gasteiger partial charge in [0.25, 0.3) is 0 Å². The van der Waals surface area contributed by atoms with Crippen molar-refractivity contribution in [3.05, 3.63) is 23.8 Å². The quantitative estimate of drug-likeness (QED) is 0.867. The molecule has 0 spiro atoms. The van der Waals surface area contributed by atoms with Crippen LogP contribution in [0.5, 0.6) is 0 Å². The highest BCUT2D eigenvalue weighted by Crippen LogP contribution is 2.46. The summed E-state index contributed by atoms with van der Waals surface area (Å²) in [6, 6.07) is 5.74. The van der Waals surface area contributed by atoms with E-state index in [0.717, 1.165) is 29.8 Å². The predicted molar refractivity (Wildman–Crippen MR) is 76.1 cm³/mol. The summed E-state index contributed by atoms with van der Waals surface area (Å²) in [5.74, 6) is -0.491. The normalized spacial score (nSPS) is 24.6. The molecule has 2 N–H and O–H groups in total. The molecule has 0 aromatic heterocycles. The van der Waals surface area contributed by atoms with Crippen LogP contribution in [0.2, 0.25) is 0 Å². The molecular formula is C15H18N2O3. The summed E-state index contributed by atoms with van der Waals surface area (Å²) in [5, 5.41) is 12.4. The van der Waals surface area contributed by atoms with Gasteiger partial charge >= 0.3 is 5.97 Å². The molecule has 3 rings (SSSR count). The first kappa shape index (κ1) is 13.0. The Morgan fingerprint density at radius 2 is 2.30 bits per heavy atom. The lowest BCUT2D eigenvalue weighted by atomic mass is 9.86. The fourth-order valence-corrected chi connectivity index (χ4v) is 3.36. The third kappa shape index (κ3) is 2.03. The van der Waals surface area contributed by atoms with Crippen molar-refractivity contribution < 1.29 is 14.7 Å². The Morgan fingerprint density at radius 3 is 3.05 bits per heavy atom. The number of carboxylic acids is 1. The van der Waals surface area contributed by atoms with Gasteiger partial charge in [-0.15, -0.1) is 0 Å². The van der Waals surface area contributed by atoms with Crippen LogP contribution >= 0.6 is 0 Å². The molecule has 1 amide bonds. The van der Waals surface area contributed by atoms with Gasteiger partial charge in [-0.1, -0.05) is 6.07 Å². The van der Waals surface area contributed by atoms with E-state index < -0.39 is 5.97 Å². The van der Waals surface area contributed by atoms with Crippen molar-refractivity contribution >= 4 is 23.3 Å². The molecule has 2 atom stereocenters. The number of anilines is 2. The average molecular weight is 274 g/mol. The van der Waals surface area contributed by atoms with E-state index in [9.17, 15) is 9.59 Å². The number of benzene rings is 1. The summed E-state index contributed by atoms with van der Waals surface area (Å²) in [5.41, 5.74) is 2.99. The van der Waals surface area contributed by atoms with Gasteiger partial charge in [0, 0.05) is 42.4 Å². The molecule has 1 aromatic rings. The number of hydrogen-bond donors (Lipinski definition) is 2. The van der Waals surface area contributed by atoms with Crippen LogP contribution in [-0.2, 0) is 9.59 Å². The standard InChI is InChI=1S/C15H18N2O3/c1-17-12-6-3-5-10-15(12)9(4-2-7-13(17)18)11(16-10)8-14(19)20/h3,5-6,9,11,16H,2,4,7-8H2,1H3,(H,19,20). The Labute approximate surface area is 117 Å². The zero-order valence-corrected chi connectivity index (χ0v) is 11.4. The lowest BCUT2D eigenvalue weighted by Crippen LogP contribution is -2.30. The van der Waals surface area contributed by atoms with Gasteiger partial charge in [0.15, 0.2) is 0 Å². The number of rotatable bonds is 2. The molecule has 2 unspecified atom stereocenters. The van der Waals surface area contributed by atoms with E-state index in [-0.39, 0.29) is 24.3 Å². The van der Waals surface area contributed by atoms with Gasteiger partial charge in [-0.3, -0.25) is 9.59 Å². The van der Waals surface area contributed by atoms with Crippen LogP contribution < -0.4 is 10.2 Å². The van der Waals surface area contributed by atoms with Crippen molar-refractivity contribution in [1.29, 1.82) is 0 Å². The summed E-state index contributed by atoms with van der Waals surface area (Å²) in [7, 11) is 1.80. The number of hydrogen-bond acceptors (Lipinski definition) is 3. The molecule has 5 nitrogen and oxygen atoms in total. The Hall–Kier alpha value is -2.04. The Bertz CT molecular complexity index is 570. The van der Waals surface area contributed by atoms with Gasteiger partial charge in [-0.25, -0.2) is 0 Å². The first-order valence-corrected chi connectivity index (χ1v) is 6.95. The van der Waals surface area contributed by atoms with Crippen LogP contribution in [0.1, 0.15) is 37.2 Å². The Kier molecular flexibility index (Phi) is 3.12. The maximum Gasteiger partial charge on any atom is 0.305 e. The summed E-state index contributed by atoms with van der Waals surface area (Å²) in [4.78, 5) is 24.8. The third-order valence-corrected chi connectivity index (χ3v) is 4.32. The molecule has 2 heterocycles. The largest absolute Gasteiger partial charge is 0.481 e. The molecule has 0 radical (unpaired) electrons. The molecule has 0 aliphatic carbocycles. The molecule has 20 heavy (non-hydrogen) atoms. The molecule has 5 heteroatoms. The first-order valence-electron chi connectivity index (χ1n) is 6.95. The highest BCUT2D eigenvalue weighted by atomic mass is 16.4. The molecule has 2 aliphatic heterocycles. The molecule has 0 saturated carbocycles. The molecule has 2 aliphatic rings. The van der Waals surface area contributed by atoms with E-state index in [2.05, 4.69) is 5.32 Å². The fraction of sp³-hybridized carbons (Fsp3) is 0.467. The van der Waals surface area contributed by atoms with Gasteiger partial charge in [0.2, 0.25) is 5.91 Å². The topological polar surface area (TPSA) is 69.6 Å². The summed E-state index contributed by atoms with van der Waals surface area (Å²) >= 11 is 0. The first-order chi connectivity index (χ1) is 9.58. The molecular weight excluding hydrogens is 256 g/mol. The van der Waals surface area contributed by atoms with Gasteiger partial charge in [-0.2, -0.15) is 0 Å². The SMILES string of the molecule is CN1C(=O)CCCC2c3c(cccc31)NC2CC(=O)O. The zero-order chi connectivity index (χ0) is 14.3. The van der Waals surface area contributed by atoms with Gasteiger partial charge in [0.1, 0.15) is 0 Å². The second-order valence-corrected chi connectivity index (χ2v) is 5.54. The smallest absolute Gasteiger partial charge is 0.305 e. The lowest BCUT2D eigenvalue weighted by molar-refractivity contribution is -0.137. The van der Waals surface area contributed by atoms with Crippen molar-refractivity contribution in [3.63, 3.8) is 0 Å². The maximum atomic E-state index is 12.0. The molecule has 0 bridgehead atoms. The van der Waals surface area contributed by atoms with Crippen molar-refractivity contribution in [3.8, 4) is 0 Å². The van der Waals surface area contributed by atoms with E-state index >= 15 is 0 Å². The zero-order valence-electron chi connectivity index (χ0n) is 11.4. The number of carbonyl (C=O) groups is 2. The van der Waals surface area contributed by atoms with Crippen molar-refractivity contribution in [2.24, 2.45) is 0 Å². The lowest BCUT2D eigenvalue weighted by Gasteiger charge is -2.27. The van der Waals surface area contributed by atoms with Crippen LogP contribution in [-0.4, -0.2) is 30.1 Å². The van der Waals surface area contributed by atoms with Crippen LogP contribution in [0.4, 0.5) is 11.4 Å². The van der Waals surface area contributed by atoms with Crippen molar-refractivity contribution in [1.82, 2.24) is 0 Å². The van der Waals surface area contributed by atoms with Crippen LogP contribution in [0, 0.1) is 0 Å². The number of aliphatic carboxylic acids is 1. The minimum absolute atomic E-state index is 0.0785. The predicted octanol–water partition coefficient (Wildman–Crippen LogP) is 2.19. The van der Waals surface area contributed by atoms with Crippen LogP contribution in [0.3, 0.4) is 0 Å². The Balaban J connectivity index is 2.05. The number of nitrogens with zero attached hydrogens (tertiary/aromatic N) is 1. The highest BCUT2D eigenvalue weighted by molar-refractivity contribution is 5.95. The van der Waals surface area contributed by atoms with Gasteiger partial charge in [0.05, 0.1) is 6.42 Å². The molecule has 0 fully saturated rings. The summed E-state index contributed by atoms with van der Waals surface area (Å²) in [6.07, 6.45) is 2.29. The van der Waals surface area contributed by atoms with E-state index in [0.29, 0.717) is 6.42 Å². The van der Waals surface area contributed by atoms with Crippen molar-refractivity contribution in [2.45, 2.75) is 37.6 Å². The fourth-order valence-electron chi connectivity index (χ4n) is 3.36. The van der Waals surface area contributed by atoms with E-state index in [1.807, 2.05) is 18.2 Å². The third-order valence-electron chi connectivity index (χ3n) is 4.32. The maximum absolute atomic E-state index is 12.0. The van der Waals surface area contributed by atoms with Gasteiger partial charge < -0.3 is 15.3 Å². The summed E-state index contributed by atoms with van der Waals surface area (Å²) in [6.45, 7) is 0. The minimum atomic E-state index is -0.789. The number of carbonyl (C=O) groups excluding carboxylic acids is 1. The van der Waals surface area contributed by atoms with E-state index in [1.54, 1.807) is 11.9 Å². The van der Waals surface area contributed by atoms with E-state index in [4.69, 9.17) is 5.11 Å². The van der Waals surface area contributed by atoms with E-state index in [1.165, 1.54) is 0 Å². The molecule has 106 valence electrons. The second kappa shape index (κ2) is 4.81. The number of carboxylic acid groups (broad SMARTS) is 1. The number of amides is 1. The highest BCUT2D eigenvalue weighted by Gasteiger charge is 2.37. The minimum Gasteiger partial charge on any atom is -0.481 e. The molecule has 1 aromatic carbocycles. The average Bonchev–Trinajstić information content (AvgIpc) is 2.73. The number of nitrogens with one attached hydrogen (secondary N) is 1. The van der Waals surface area contributed by atoms with Gasteiger partial charge in [-0.05, 0) is 25.0 Å². The molecule has 0 saturated heterocycles. The monoisotopic (exact) mass is 274 g/mol. The second-order valence-electron chi connectivity index (χ2n) is 5.54. The van der Waals surface area contributed by atoms with Crippen LogP contribution in [0.15, 0.2) is 18.2 Å². The van der Waals surface area contributed by atoms with Crippen LogP contribution in [0.25, 0.3) is 0 Å². The summed E-state index contributed by atoms with van der Waals surface area (Å²) < 4.78 is 0. The van der Waals surface area contributed by atoms with Crippen molar-refractivity contribution in [2.75, 3.05) is 17.3 Å².